The van der Waals surface area contributed by atoms with E-state index in [9.17, 15) is 4.79 Å². The van der Waals surface area contributed by atoms with Gasteiger partial charge in [-0.3, -0.25) is 9.48 Å². The van der Waals surface area contributed by atoms with E-state index in [2.05, 4.69) is 5.10 Å². The fraction of sp³-hybridized carbons (Fsp3) is 0.286. The molecule has 0 radical (unpaired) electrons. The number of ketones is 1. The van der Waals surface area contributed by atoms with E-state index in [1.54, 1.807) is 22.9 Å². The van der Waals surface area contributed by atoms with Crippen molar-refractivity contribution in [2.45, 2.75) is 26.8 Å². The van der Waals surface area contributed by atoms with Gasteiger partial charge in [0.15, 0.2) is 0 Å². The molecule has 1 aromatic heterocycles. The van der Waals surface area contributed by atoms with Crippen LogP contribution in [0.15, 0.2) is 24.4 Å². The first-order valence-corrected chi connectivity index (χ1v) is 6.82. The molecule has 0 aliphatic carbocycles. The Labute approximate surface area is 122 Å². The molecule has 100 valence electrons. The molecule has 0 N–H and O–H groups in total. The van der Waals surface area contributed by atoms with Crippen molar-refractivity contribution in [3.05, 3.63) is 51.3 Å². The highest BCUT2D eigenvalue weighted by Crippen LogP contribution is 2.23. The van der Waals surface area contributed by atoms with E-state index in [4.69, 9.17) is 23.2 Å². The molecule has 0 fully saturated rings. The highest BCUT2D eigenvalue weighted by atomic mass is 35.5. The molecule has 0 aliphatic heterocycles. The number of benzene rings is 1. The molecule has 0 saturated heterocycles. The summed E-state index contributed by atoms with van der Waals surface area (Å²) in [4.78, 5) is 12.6. The van der Waals surface area contributed by atoms with Gasteiger partial charge in [0.25, 0.3) is 0 Å². The first kappa shape index (κ1) is 14.1. The molecule has 0 bridgehead atoms. The lowest BCUT2D eigenvalue weighted by molar-refractivity contribution is 0.102. The van der Waals surface area contributed by atoms with E-state index in [1.807, 2.05) is 13.8 Å². The maximum absolute atomic E-state index is 12.6. The molecular formula is C14H14Cl2N2O. The van der Waals surface area contributed by atoms with Crippen molar-refractivity contribution in [1.29, 1.82) is 0 Å². The number of nitrogens with zero attached hydrogens (tertiary/aromatic N) is 2. The van der Waals surface area contributed by atoms with Crippen LogP contribution in [0.5, 0.6) is 0 Å². The molecule has 1 heterocycles. The lowest BCUT2D eigenvalue weighted by Crippen LogP contribution is -2.13. The van der Waals surface area contributed by atoms with Gasteiger partial charge in [0, 0.05) is 17.1 Å². The molecule has 1 aromatic carbocycles. The largest absolute Gasteiger partial charge is 0.287 e. The Morgan fingerprint density at radius 2 is 2.11 bits per heavy atom. The van der Waals surface area contributed by atoms with Crippen LogP contribution < -0.4 is 0 Å². The zero-order valence-electron chi connectivity index (χ0n) is 10.8. The van der Waals surface area contributed by atoms with Crippen molar-refractivity contribution in [1.82, 2.24) is 9.78 Å². The van der Waals surface area contributed by atoms with Gasteiger partial charge in [-0.15, -0.1) is 0 Å². The van der Waals surface area contributed by atoms with Crippen LogP contribution in [-0.4, -0.2) is 15.6 Å². The molecule has 19 heavy (non-hydrogen) atoms. The van der Waals surface area contributed by atoms with E-state index >= 15 is 0 Å². The van der Waals surface area contributed by atoms with E-state index in [1.165, 1.54) is 6.20 Å². The summed E-state index contributed by atoms with van der Waals surface area (Å²) in [5, 5.41) is 5.13. The molecule has 0 unspecified atom stereocenters. The minimum Gasteiger partial charge on any atom is -0.287 e. The minimum absolute atomic E-state index is 0.120. The van der Waals surface area contributed by atoms with E-state index in [0.717, 1.165) is 12.0 Å². The molecule has 0 spiro atoms. The van der Waals surface area contributed by atoms with Gasteiger partial charge in [-0.25, -0.2) is 0 Å². The number of halogens is 2. The third-order valence-corrected chi connectivity index (χ3v) is 3.39. The third kappa shape index (κ3) is 2.82. The first-order valence-electron chi connectivity index (χ1n) is 6.06. The zero-order chi connectivity index (χ0) is 14.0. The second kappa shape index (κ2) is 5.76. The van der Waals surface area contributed by atoms with Crippen LogP contribution in [-0.2, 0) is 6.54 Å². The smallest absolute Gasteiger partial charge is 0.212 e. The van der Waals surface area contributed by atoms with Gasteiger partial charge in [0.05, 0.1) is 11.2 Å². The monoisotopic (exact) mass is 296 g/mol. The molecular weight excluding hydrogens is 283 g/mol. The fourth-order valence-electron chi connectivity index (χ4n) is 1.98. The maximum atomic E-state index is 12.6. The first-order chi connectivity index (χ1) is 9.04. The normalized spacial score (nSPS) is 10.7. The number of carbonyl (C=O) groups excluding carboxylic acids is 1. The Morgan fingerprint density at radius 3 is 2.74 bits per heavy atom. The van der Waals surface area contributed by atoms with Gasteiger partial charge in [0.1, 0.15) is 5.69 Å². The summed E-state index contributed by atoms with van der Waals surface area (Å²) < 4.78 is 1.65. The molecule has 3 nitrogen and oxygen atoms in total. The molecule has 0 amide bonds. The quantitative estimate of drug-likeness (QED) is 0.795. The Hall–Kier alpha value is -1.32. The Morgan fingerprint density at radius 1 is 1.37 bits per heavy atom. The summed E-state index contributed by atoms with van der Waals surface area (Å²) >= 11 is 12.0. The molecule has 5 heteroatoms. The van der Waals surface area contributed by atoms with E-state index in [-0.39, 0.29) is 5.78 Å². The predicted octanol–water partition coefficient (Wildman–Crippen LogP) is 4.14. The van der Waals surface area contributed by atoms with E-state index in [0.29, 0.717) is 27.8 Å². The standard InChI is InChI=1S/C14H14Cl2N2O/c1-3-6-18-13(12(16)8-17-18)14(19)11-5-4-10(15)7-9(11)2/h4-5,7-8H,3,6H2,1-2H3. The number of rotatable bonds is 4. The summed E-state index contributed by atoms with van der Waals surface area (Å²) in [6, 6.07) is 5.19. The summed E-state index contributed by atoms with van der Waals surface area (Å²) in [6.07, 6.45) is 2.40. The molecule has 2 rings (SSSR count). The lowest BCUT2D eigenvalue weighted by atomic mass is 10.0. The van der Waals surface area contributed by atoms with Crippen LogP contribution in [0.3, 0.4) is 0 Å². The summed E-state index contributed by atoms with van der Waals surface area (Å²) in [7, 11) is 0. The second-order valence-corrected chi connectivity index (χ2v) is 5.20. The van der Waals surface area contributed by atoms with Gasteiger partial charge in [-0.1, -0.05) is 30.1 Å². The van der Waals surface area contributed by atoms with Crippen LogP contribution in [0.25, 0.3) is 0 Å². The predicted molar refractivity (Wildman–Crippen MR) is 77.1 cm³/mol. The Kier molecular flexibility index (Phi) is 4.27. The van der Waals surface area contributed by atoms with Crippen LogP contribution in [0.1, 0.15) is 35.0 Å². The van der Waals surface area contributed by atoms with Gasteiger partial charge < -0.3 is 0 Å². The molecule has 0 saturated carbocycles. The minimum atomic E-state index is -0.120. The molecule has 2 aromatic rings. The Balaban J connectivity index is 2.46. The SMILES string of the molecule is CCCn1ncc(Cl)c1C(=O)c1ccc(Cl)cc1C. The average molecular weight is 297 g/mol. The van der Waals surface area contributed by atoms with Crippen molar-refractivity contribution in [2.75, 3.05) is 0 Å². The number of hydrogen-bond donors (Lipinski definition) is 0. The van der Waals surface area contributed by atoms with Crippen molar-refractivity contribution < 1.29 is 4.79 Å². The number of carbonyl (C=O) groups is 1. The zero-order valence-corrected chi connectivity index (χ0v) is 12.3. The lowest BCUT2D eigenvalue weighted by Gasteiger charge is -2.08. The van der Waals surface area contributed by atoms with Crippen molar-refractivity contribution in [3.63, 3.8) is 0 Å². The van der Waals surface area contributed by atoms with Gasteiger partial charge in [-0.05, 0) is 37.1 Å². The number of aryl methyl sites for hydroxylation is 2. The van der Waals surface area contributed by atoms with E-state index < -0.39 is 0 Å². The topological polar surface area (TPSA) is 34.9 Å². The number of hydrogen-bond acceptors (Lipinski definition) is 2. The highest BCUT2D eigenvalue weighted by Gasteiger charge is 2.20. The van der Waals surface area contributed by atoms with Crippen LogP contribution in [0.2, 0.25) is 10.0 Å². The van der Waals surface area contributed by atoms with Gasteiger partial charge in [0.2, 0.25) is 5.78 Å². The fourth-order valence-corrected chi connectivity index (χ4v) is 2.43. The Bertz CT molecular complexity index is 620. The maximum Gasteiger partial charge on any atom is 0.212 e. The summed E-state index contributed by atoms with van der Waals surface area (Å²) in [5.74, 6) is -0.120. The molecule has 0 atom stereocenters. The van der Waals surface area contributed by atoms with Crippen LogP contribution in [0, 0.1) is 6.92 Å². The second-order valence-electron chi connectivity index (χ2n) is 4.35. The highest BCUT2D eigenvalue weighted by molar-refractivity contribution is 6.34. The van der Waals surface area contributed by atoms with Crippen molar-refractivity contribution in [3.8, 4) is 0 Å². The average Bonchev–Trinajstić information content (AvgIpc) is 2.70. The van der Waals surface area contributed by atoms with Crippen LogP contribution in [0.4, 0.5) is 0 Å². The van der Waals surface area contributed by atoms with Gasteiger partial charge in [-0.2, -0.15) is 5.10 Å². The van der Waals surface area contributed by atoms with Crippen molar-refractivity contribution in [2.24, 2.45) is 0 Å². The van der Waals surface area contributed by atoms with Crippen LogP contribution >= 0.6 is 23.2 Å². The molecule has 0 aliphatic rings. The number of aromatic nitrogens is 2. The van der Waals surface area contributed by atoms with Gasteiger partial charge >= 0.3 is 0 Å². The summed E-state index contributed by atoms with van der Waals surface area (Å²) in [6.45, 7) is 4.55. The third-order valence-electron chi connectivity index (χ3n) is 2.88. The summed E-state index contributed by atoms with van der Waals surface area (Å²) in [5.41, 5.74) is 1.87. The van der Waals surface area contributed by atoms with Crippen molar-refractivity contribution >= 4 is 29.0 Å².